The van der Waals surface area contributed by atoms with E-state index in [1.807, 2.05) is 30.3 Å². The predicted octanol–water partition coefficient (Wildman–Crippen LogP) is 4.17. The van der Waals surface area contributed by atoms with Crippen LogP contribution in [0.15, 0.2) is 59.4 Å². The first kappa shape index (κ1) is 23.2. The van der Waals surface area contributed by atoms with Gasteiger partial charge in [-0.3, -0.25) is 9.59 Å². The fourth-order valence-corrected chi connectivity index (χ4v) is 4.45. The highest BCUT2D eigenvalue weighted by atomic mass is 16.5. The van der Waals surface area contributed by atoms with Crippen LogP contribution in [0.3, 0.4) is 0 Å². The van der Waals surface area contributed by atoms with Crippen LogP contribution in [-0.4, -0.2) is 34.3 Å². The molecule has 3 aromatic carbocycles. The smallest absolute Gasteiger partial charge is 0.251 e. The molecule has 0 fully saturated rings. The number of amides is 1. The molecule has 1 atom stereocenters. The molecule has 0 saturated carbocycles. The molecule has 7 nitrogen and oxygen atoms in total. The first-order valence-corrected chi connectivity index (χ1v) is 10.9. The number of hydrogen-bond acceptors (Lipinski definition) is 6. The number of ether oxygens (including phenoxy) is 4. The zero-order valence-electron chi connectivity index (χ0n) is 19.6. The van der Waals surface area contributed by atoms with Gasteiger partial charge in [0.05, 0.1) is 34.5 Å². The summed E-state index contributed by atoms with van der Waals surface area (Å²) in [4.78, 5) is 26.0. The van der Waals surface area contributed by atoms with E-state index in [-0.39, 0.29) is 17.1 Å². The third kappa shape index (κ3) is 4.17. The van der Waals surface area contributed by atoms with Gasteiger partial charge in [-0.25, -0.2) is 0 Å². The molecule has 1 N–H and O–H groups in total. The number of rotatable bonds is 6. The van der Waals surface area contributed by atoms with Crippen LogP contribution < -0.4 is 29.7 Å². The molecule has 176 valence electrons. The number of benzene rings is 2. The molecule has 0 heterocycles. The monoisotopic (exact) mass is 461 g/mol. The average Bonchev–Trinajstić information content (AvgIpc) is 3.11. The lowest BCUT2D eigenvalue weighted by Gasteiger charge is -2.20. The van der Waals surface area contributed by atoms with Crippen molar-refractivity contribution in [2.45, 2.75) is 18.9 Å². The van der Waals surface area contributed by atoms with Gasteiger partial charge >= 0.3 is 0 Å². The van der Waals surface area contributed by atoms with Gasteiger partial charge in [0.25, 0.3) is 5.91 Å². The van der Waals surface area contributed by atoms with Crippen molar-refractivity contribution in [3.63, 3.8) is 0 Å². The summed E-state index contributed by atoms with van der Waals surface area (Å²) in [5.74, 6) is 1.51. The van der Waals surface area contributed by atoms with Crippen LogP contribution in [0.5, 0.6) is 23.0 Å². The third-order valence-electron chi connectivity index (χ3n) is 6.06. The Bertz CT molecular complexity index is 1270. The van der Waals surface area contributed by atoms with Gasteiger partial charge in [-0.2, -0.15) is 0 Å². The van der Waals surface area contributed by atoms with Crippen LogP contribution in [0.25, 0.3) is 11.1 Å². The van der Waals surface area contributed by atoms with E-state index in [9.17, 15) is 9.59 Å². The lowest BCUT2D eigenvalue weighted by molar-refractivity contribution is 0.0935. The summed E-state index contributed by atoms with van der Waals surface area (Å²) in [6.07, 6.45) is 1.19. The van der Waals surface area contributed by atoms with E-state index in [4.69, 9.17) is 18.9 Å². The Kier molecular flexibility index (Phi) is 6.72. The fraction of sp³-hybridized carbons (Fsp3) is 0.259. The minimum absolute atomic E-state index is 0.210. The average molecular weight is 462 g/mol. The van der Waals surface area contributed by atoms with E-state index < -0.39 is 6.04 Å². The number of aryl methyl sites for hydroxylation is 1. The van der Waals surface area contributed by atoms with Crippen molar-refractivity contribution in [2.75, 3.05) is 28.4 Å². The largest absolute Gasteiger partial charge is 0.493 e. The number of carbonyl (C=O) groups excluding carboxylic acids is 1. The molecule has 0 bridgehead atoms. The zero-order valence-corrected chi connectivity index (χ0v) is 19.6. The van der Waals surface area contributed by atoms with Gasteiger partial charge in [0.1, 0.15) is 0 Å². The molecular weight excluding hydrogens is 434 g/mol. The standard InChI is InChI=1S/C27H27NO6/c1-31-22-13-11-18-19(15-21(22)29)20(28-27(30)16-8-6-5-7-9-16)12-10-17-14-23(32-2)25(33-3)26(34-4)24(17)18/h5-9,11,13-15,20H,10,12H2,1-4H3,(H,28,30)/t20-/m1/s1. The Balaban J connectivity index is 1.95. The Morgan fingerprint density at radius 2 is 1.56 bits per heavy atom. The maximum Gasteiger partial charge on any atom is 0.251 e. The van der Waals surface area contributed by atoms with E-state index in [1.165, 1.54) is 13.2 Å². The van der Waals surface area contributed by atoms with Gasteiger partial charge in [-0.1, -0.05) is 24.3 Å². The van der Waals surface area contributed by atoms with E-state index in [2.05, 4.69) is 5.32 Å². The SMILES string of the molecule is COc1cc2c(c(OC)c1OC)-c1ccc(OC)c(=O)cc1[C@H](NC(=O)c1ccccc1)CC2. The maximum absolute atomic E-state index is 13.0. The van der Waals surface area contributed by atoms with Crippen molar-refractivity contribution in [3.8, 4) is 34.1 Å². The Hall–Kier alpha value is -4.00. The topological polar surface area (TPSA) is 83.1 Å². The molecule has 34 heavy (non-hydrogen) atoms. The van der Waals surface area contributed by atoms with Gasteiger partial charge in [0, 0.05) is 11.1 Å². The molecule has 0 aromatic heterocycles. The Morgan fingerprint density at radius 1 is 0.853 bits per heavy atom. The van der Waals surface area contributed by atoms with Crippen molar-refractivity contribution >= 4 is 5.91 Å². The van der Waals surface area contributed by atoms with Crippen LogP contribution in [0.1, 0.15) is 33.9 Å². The molecule has 0 aliphatic heterocycles. The lowest BCUT2D eigenvalue weighted by atomic mass is 9.95. The van der Waals surface area contributed by atoms with Crippen molar-refractivity contribution < 1.29 is 23.7 Å². The summed E-state index contributed by atoms with van der Waals surface area (Å²) in [7, 11) is 6.15. The molecular formula is C27H27NO6. The molecule has 0 spiro atoms. The van der Waals surface area contributed by atoms with E-state index in [0.717, 1.165) is 16.7 Å². The number of nitrogens with one attached hydrogen (secondary N) is 1. The quantitative estimate of drug-likeness (QED) is 0.593. The first-order chi connectivity index (χ1) is 16.5. The molecule has 0 radical (unpaired) electrons. The summed E-state index contributed by atoms with van der Waals surface area (Å²) >= 11 is 0. The van der Waals surface area contributed by atoms with Crippen molar-refractivity contribution in [1.29, 1.82) is 0 Å². The molecule has 1 aliphatic carbocycles. The first-order valence-electron chi connectivity index (χ1n) is 10.9. The third-order valence-corrected chi connectivity index (χ3v) is 6.06. The summed E-state index contributed by atoms with van der Waals surface area (Å²) < 4.78 is 22.2. The molecule has 1 amide bonds. The number of carbonyl (C=O) groups is 1. The summed E-state index contributed by atoms with van der Waals surface area (Å²) in [6.45, 7) is 0. The molecule has 7 heteroatoms. The Labute approximate surface area is 198 Å². The van der Waals surface area contributed by atoms with Gasteiger partial charge in [0.15, 0.2) is 17.2 Å². The second-order valence-corrected chi connectivity index (χ2v) is 7.89. The van der Waals surface area contributed by atoms with Crippen LogP contribution in [-0.2, 0) is 6.42 Å². The number of methoxy groups -OCH3 is 4. The number of hydrogen-bond donors (Lipinski definition) is 1. The predicted molar refractivity (Wildman–Crippen MR) is 129 cm³/mol. The lowest BCUT2D eigenvalue weighted by Crippen LogP contribution is -2.29. The summed E-state index contributed by atoms with van der Waals surface area (Å²) in [6, 6.07) is 15.5. The molecule has 1 aliphatic rings. The Morgan fingerprint density at radius 3 is 2.21 bits per heavy atom. The highest BCUT2D eigenvalue weighted by Crippen LogP contribution is 2.50. The van der Waals surface area contributed by atoms with Crippen LogP contribution >= 0.6 is 0 Å². The van der Waals surface area contributed by atoms with E-state index in [0.29, 0.717) is 41.2 Å². The normalized spacial score (nSPS) is 14.2. The van der Waals surface area contributed by atoms with Crippen LogP contribution in [0.4, 0.5) is 0 Å². The maximum atomic E-state index is 13.0. The van der Waals surface area contributed by atoms with Gasteiger partial charge < -0.3 is 24.3 Å². The van der Waals surface area contributed by atoms with E-state index >= 15 is 0 Å². The highest BCUT2D eigenvalue weighted by molar-refractivity contribution is 5.94. The second kappa shape index (κ2) is 9.87. The minimum Gasteiger partial charge on any atom is -0.493 e. The highest BCUT2D eigenvalue weighted by Gasteiger charge is 2.30. The number of fused-ring (bicyclic) bond motifs is 3. The van der Waals surface area contributed by atoms with Crippen LogP contribution in [0.2, 0.25) is 0 Å². The summed E-state index contributed by atoms with van der Waals surface area (Å²) in [5.41, 5.74) is 3.47. The molecule has 3 aromatic rings. The molecule has 0 saturated heterocycles. The molecule has 4 rings (SSSR count). The van der Waals surface area contributed by atoms with Gasteiger partial charge in [-0.15, -0.1) is 0 Å². The second-order valence-electron chi connectivity index (χ2n) is 7.89. The van der Waals surface area contributed by atoms with Crippen LogP contribution in [0, 0.1) is 0 Å². The minimum atomic E-state index is -0.415. The zero-order chi connectivity index (χ0) is 24.2. The van der Waals surface area contributed by atoms with Gasteiger partial charge in [0.2, 0.25) is 11.2 Å². The summed E-state index contributed by atoms with van der Waals surface area (Å²) in [5, 5.41) is 3.12. The van der Waals surface area contributed by atoms with Crippen molar-refractivity contribution in [2.24, 2.45) is 0 Å². The fourth-order valence-electron chi connectivity index (χ4n) is 4.45. The molecule has 0 unspecified atom stereocenters. The van der Waals surface area contributed by atoms with Crippen molar-refractivity contribution in [1.82, 2.24) is 5.32 Å². The van der Waals surface area contributed by atoms with Gasteiger partial charge in [-0.05, 0) is 59.9 Å². The van der Waals surface area contributed by atoms with Crippen molar-refractivity contribution in [3.05, 3.63) is 81.5 Å². The van der Waals surface area contributed by atoms with E-state index in [1.54, 1.807) is 39.5 Å².